The Hall–Kier alpha value is -2.14. The van der Waals surface area contributed by atoms with E-state index in [1.807, 2.05) is 6.92 Å². The Labute approximate surface area is 112 Å². The molecule has 0 atom stereocenters. The van der Waals surface area contributed by atoms with Gasteiger partial charge in [-0.2, -0.15) is 5.10 Å². The highest BCUT2D eigenvalue weighted by atomic mass is 32.2. The van der Waals surface area contributed by atoms with Crippen LogP contribution >= 0.6 is 0 Å². The number of rotatable bonds is 3. The van der Waals surface area contributed by atoms with Gasteiger partial charge in [0.25, 0.3) is 0 Å². The van der Waals surface area contributed by atoms with Crippen LogP contribution in [0.2, 0.25) is 0 Å². The second-order valence-electron chi connectivity index (χ2n) is 4.13. The summed E-state index contributed by atoms with van der Waals surface area (Å²) < 4.78 is 25.1. The molecule has 2 aromatic carbocycles. The molecule has 4 nitrogen and oxygen atoms in total. The summed E-state index contributed by atoms with van der Waals surface area (Å²) in [5.74, 6) is 5.11. The first-order valence-electron chi connectivity index (χ1n) is 5.70. The Balaban J connectivity index is 2.60. The van der Waals surface area contributed by atoms with Gasteiger partial charge >= 0.3 is 0 Å². The zero-order valence-electron chi connectivity index (χ0n) is 10.4. The van der Waals surface area contributed by atoms with Crippen molar-refractivity contribution in [2.45, 2.75) is 16.7 Å². The fourth-order valence-electron chi connectivity index (χ4n) is 1.76. The quantitative estimate of drug-likeness (QED) is 0.529. The highest BCUT2D eigenvalue weighted by molar-refractivity contribution is 7.91. The van der Waals surface area contributed by atoms with Gasteiger partial charge in [-0.05, 0) is 25.1 Å². The van der Waals surface area contributed by atoms with Crippen molar-refractivity contribution in [2.24, 2.45) is 10.9 Å². The topological polar surface area (TPSA) is 72.5 Å². The molecule has 0 radical (unpaired) electrons. The molecule has 19 heavy (non-hydrogen) atoms. The van der Waals surface area contributed by atoms with Gasteiger partial charge in [-0.1, -0.05) is 35.9 Å². The number of hydrazone groups is 1. The predicted molar refractivity (Wildman–Crippen MR) is 74.9 cm³/mol. The molecule has 2 N–H and O–H groups in total. The summed E-state index contributed by atoms with van der Waals surface area (Å²) in [6.07, 6.45) is 1.33. The number of hydrogen-bond acceptors (Lipinski definition) is 4. The van der Waals surface area contributed by atoms with Crippen LogP contribution in [-0.2, 0) is 9.84 Å². The van der Waals surface area contributed by atoms with Crippen molar-refractivity contribution in [3.8, 4) is 0 Å². The smallest absolute Gasteiger partial charge is 0.207 e. The average molecular weight is 274 g/mol. The van der Waals surface area contributed by atoms with Crippen molar-refractivity contribution in [3.05, 3.63) is 59.7 Å². The Morgan fingerprint density at radius 1 is 1.05 bits per heavy atom. The summed E-state index contributed by atoms with van der Waals surface area (Å²) in [4.78, 5) is 0.462. The average Bonchev–Trinajstić information content (AvgIpc) is 2.40. The number of nitrogens with zero attached hydrogens (tertiary/aromatic N) is 1. The SMILES string of the molecule is Cc1ccc(S(=O)(=O)c2ccccc2C=NN)cc1. The molecule has 98 valence electrons. The maximum Gasteiger partial charge on any atom is 0.207 e. The molecule has 0 saturated heterocycles. The first-order chi connectivity index (χ1) is 9.05. The molecule has 0 aliphatic carbocycles. The number of hydrogen-bond donors (Lipinski definition) is 1. The van der Waals surface area contributed by atoms with Crippen molar-refractivity contribution in [1.82, 2.24) is 0 Å². The molecular formula is C14H14N2O2S. The fraction of sp³-hybridized carbons (Fsp3) is 0.0714. The molecule has 2 rings (SSSR count). The number of benzene rings is 2. The normalized spacial score (nSPS) is 11.8. The molecule has 0 bridgehead atoms. The second-order valence-corrected chi connectivity index (χ2v) is 6.05. The van der Waals surface area contributed by atoms with E-state index >= 15 is 0 Å². The lowest BCUT2D eigenvalue weighted by Gasteiger charge is -2.07. The van der Waals surface area contributed by atoms with Crippen LogP contribution in [0.5, 0.6) is 0 Å². The molecule has 0 fully saturated rings. The lowest BCUT2D eigenvalue weighted by molar-refractivity contribution is 0.596. The van der Waals surface area contributed by atoms with Crippen molar-refractivity contribution in [1.29, 1.82) is 0 Å². The zero-order valence-corrected chi connectivity index (χ0v) is 11.3. The maximum atomic E-state index is 12.5. The van der Waals surface area contributed by atoms with E-state index in [1.54, 1.807) is 48.5 Å². The first kappa shape index (κ1) is 13.3. The van der Waals surface area contributed by atoms with Crippen LogP contribution in [0.25, 0.3) is 0 Å². The number of aryl methyl sites for hydroxylation is 1. The van der Waals surface area contributed by atoms with Gasteiger partial charge in [0.15, 0.2) is 0 Å². The van der Waals surface area contributed by atoms with Crippen molar-refractivity contribution in [3.63, 3.8) is 0 Å². The van der Waals surface area contributed by atoms with Crippen LogP contribution in [0.1, 0.15) is 11.1 Å². The standard InChI is InChI=1S/C14H14N2O2S/c1-11-6-8-13(9-7-11)19(17,18)14-5-3-2-4-12(14)10-16-15/h2-10H,15H2,1H3. The van der Waals surface area contributed by atoms with Gasteiger partial charge in [0.2, 0.25) is 9.84 Å². The summed E-state index contributed by atoms with van der Waals surface area (Å²) in [5.41, 5.74) is 1.49. The van der Waals surface area contributed by atoms with E-state index in [2.05, 4.69) is 5.10 Å². The lowest BCUT2D eigenvalue weighted by atomic mass is 10.2. The van der Waals surface area contributed by atoms with Crippen LogP contribution in [-0.4, -0.2) is 14.6 Å². The van der Waals surface area contributed by atoms with Crippen molar-refractivity contribution < 1.29 is 8.42 Å². The summed E-state index contributed by atoms with van der Waals surface area (Å²) in [6, 6.07) is 13.4. The van der Waals surface area contributed by atoms with Crippen LogP contribution in [0, 0.1) is 6.92 Å². The van der Waals surface area contributed by atoms with E-state index in [1.165, 1.54) is 6.21 Å². The van der Waals surface area contributed by atoms with Gasteiger partial charge in [-0.25, -0.2) is 8.42 Å². The van der Waals surface area contributed by atoms with E-state index in [0.717, 1.165) is 5.56 Å². The molecule has 0 heterocycles. The molecule has 0 aromatic heterocycles. The molecule has 5 heteroatoms. The van der Waals surface area contributed by atoms with Gasteiger partial charge < -0.3 is 5.84 Å². The van der Waals surface area contributed by atoms with Crippen LogP contribution < -0.4 is 5.84 Å². The highest BCUT2D eigenvalue weighted by Crippen LogP contribution is 2.23. The van der Waals surface area contributed by atoms with E-state index in [-0.39, 0.29) is 9.79 Å². The third-order valence-corrected chi connectivity index (χ3v) is 4.60. The molecule has 2 aromatic rings. The molecular weight excluding hydrogens is 260 g/mol. The van der Waals surface area contributed by atoms with Crippen LogP contribution in [0.3, 0.4) is 0 Å². The minimum Gasteiger partial charge on any atom is -0.323 e. The molecule has 0 saturated carbocycles. The van der Waals surface area contributed by atoms with Gasteiger partial charge in [0, 0.05) is 5.56 Å². The predicted octanol–water partition coefficient (Wildman–Crippen LogP) is 2.12. The molecule has 0 aliphatic rings. The molecule has 0 aliphatic heterocycles. The Morgan fingerprint density at radius 3 is 2.32 bits per heavy atom. The van der Waals surface area contributed by atoms with Gasteiger partial charge in [0.1, 0.15) is 0 Å². The molecule has 0 spiro atoms. The van der Waals surface area contributed by atoms with E-state index in [9.17, 15) is 8.42 Å². The van der Waals surface area contributed by atoms with Gasteiger partial charge in [-0.3, -0.25) is 0 Å². The number of sulfone groups is 1. The minimum atomic E-state index is -3.56. The summed E-state index contributed by atoms with van der Waals surface area (Å²) in [6.45, 7) is 1.91. The largest absolute Gasteiger partial charge is 0.323 e. The van der Waals surface area contributed by atoms with Crippen molar-refractivity contribution in [2.75, 3.05) is 0 Å². The fourth-order valence-corrected chi connectivity index (χ4v) is 3.19. The Kier molecular flexibility index (Phi) is 3.66. The first-order valence-corrected chi connectivity index (χ1v) is 7.18. The van der Waals surface area contributed by atoms with Crippen LogP contribution in [0.4, 0.5) is 0 Å². The third-order valence-electron chi connectivity index (χ3n) is 2.75. The third kappa shape index (κ3) is 2.66. The summed E-state index contributed by atoms with van der Waals surface area (Å²) >= 11 is 0. The second kappa shape index (κ2) is 5.24. The Bertz CT molecular complexity index is 704. The summed E-state index contributed by atoms with van der Waals surface area (Å²) in [7, 11) is -3.56. The lowest BCUT2D eigenvalue weighted by Crippen LogP contribution is -2.05. The van der Waals surface area contributed by atoms with Gasteiger partial charge in [0.05, 0.1) is 16.0 Å². The summed E-state index contributed by atoms with van der Waals surface area (Å²) in [5, 5.41) is 3.40. The monoisotopic (exact) mass is 274 g/mol. The molecule has 0 unspecified atom stereocenters. The van der Waals surface area contributed by atoms with Crippen molar-refractivity contribution >= 4 is 16.1 Å². The maximum absolute atomic E-state index is 12.5. The van der Waals surface area contributed by atoms with E-state index in [4.69, 9.17) is 5.84 Å². The minimum absolute atomic E-state index is 0.202. The zero-order chi connectivity index (χ0) is 13.9. The van der Waals surface area contributed by atoms with Gasteiger partial charge in [-0.15, -0.1) is 0 Å². The number of nitrogens with two attached hydrogens (primary N) is 1. The van der Waals surface area contributed by atoms with Crippen LogP contribution in [0.15, 0.2) is 63.4 Å². The highest BCUT2D eigenvalue weighted by Gasteiger charge is 2.19. The van der Waals surface area contributed by atoms with E-state index in [0.29, 0.717) is 5.56 Å². The molecule has 0 amide bonds. The Morgan fingerprint density at radius 2 is 1.68 bits per heavy atom. The van der Waals surface area contributed by atoms with E-state index < -0.39 is 9.84 Å².